The molecule has 1 aliphatic rings. The SMILES string of the molecule is CC1CCCN(C(C)(C)CNC(=O)C=Cc2ccccc2F)C1. The molecule has 1 aromatic rings. The number of hydrogen-bond donors (Lipinski definition) is 1. The minimum atomic E-state index is -0.320. The molecule has 1 amide bonds. The van der Waals surface area contributed by atoms with Gasteiger partial charge in [-0.25, -0.2) is 4.39 Å². The highest BCUT2D eigenvalue weighted by Crippen LogP contribution is 2.23. The van der Waals surface area contributed by atoms with Gasteiger partial charge in [0, 0.05) is 30.3 Å². The van der Waals surface area contributed by atoms with E-state index in [1.807, 2.05) is 0 Å². The van der Waals surface area contributed by atoms with E-state index >= 15 is 0 Å². The molecule has 1 fully saturated rings. The van der Waals surface area contributed by atoms with Gasteiger partial charge in [0.15, 0.2) is 0 Å². The number of nitrogens with zero attached hydrogens (tertiary/aromatic N) is 1. The van der Waals surface area contributed by atoms with Crippen LogP contribution in [0.4, 0.5) is 4.39 Å². The second-order valence-electron chi connectivity index (χ2n) is 7.08. The zero-order valence-corrected chi connectivity index (χ0v) is 14.3. The summed E-state index contributed by atoms with van der Waals surface area (Å²) in [5.74, 6) is 0.199. The highest BCUT2D eigenvalue weighted by Gasteiger charge is 2.30. The van der Waals surface area contributed by atoms with Crippen molar-refractivity contribution in [3.05, 3.63) is 41.7 Å². The van der Waals surface area contributed by atoms with Crippen LogP contribution in [0.3, 0.4) is 0 Å². The zero-order chi connectivity index (χ0) is 16.9. The second kappa shape index (κ2) is 7.73. The Kier molecular flexibility index (Phi) is 5.94. The molecular formula is C19H27FN2O. The van der Waals surface area contributed by atoms with Gasteiger partial charge in [-0.3, -0.25) is 9.69 Å². The smallest absolute Gasteiger partial charge is 0.244 e. The minimum Gasteiger partial charge on any atom is -0.351 e. The van der Waals surface area contributed by atoms with Crippen LogP contribution < -0.4 is 5.32 Å². The molecule has 0 radical (unpaired) electrons. The number of halogens is 1. The van der Waals surface area contributed by atoms with E-state index in [9.17, 15) is 9.18 Å². The summed E-state index contributed by atoms with van der Waals surface area (Å²) in [6.07, 6.45) is 5.41. The molecule has 0 saturated carbocycles. The molecule has 1 unspecified atom stereocenters. The molecule has 0 bridgehead atoms. The molecule has 4 heteroatoms. The molecule has 126 valence electrons. The Morgan fingerprint density at radius 1 is 1.43 bits per heavy atom. The Hall–Kier alpha value is -1.68. The number of likely N-dealkylation sites (tertiary alicyclic amines) is 1. The minimum absolute atomic E-state index is 0.0732. The van der Waals surface area contributed by atoms with Gasteiger partial charge in [-0.05, 0) is 51.3 Å². The van der Waals surface area contributed by atoms with Crippen LogP contribution >= 0.6 is 0 Å². The Balaban J connectivity index is 1.87. The van der Waals surface area contributed by atoms with Crippen molar-refractivity contribution >= 4 is 12.0 Å². The quantitative estimate of drug-likeness (QED) is 0.843. The molecule has 0 spiro atoms. The molecule has 1 atom stereocenters. The van der Waals surface area contributed by atoms with E-state index in [0.29, 0.717) is 18.0 Å². The molecule has 1 saturated heterocycles. The summed E-state index contributed by atoms with van der Waals surface area (Å²) < 4.78 is 13.5. The van der Waals surface area contributed by atoms with Crippen LogP contribution in [0.2, 0.25) is 0 Å². The number of carbonyl (C=O) groups is 1. The van der Waals surface area contributed by atoms with Crippen LogP contribution in [0, 0.1) is 11.7 Å². The van der Waals surface area contributed by atoms with Crippen molar-refractivity contribution in [3.8, 4) is 0 Å². The van der Waals surface area contributed by atoms with Crippen molar-refractivity contribution in [3.63, 3.8) is 0 Å². The molecule has 0 aliphatic carbocycles. The first-order chi connectivity index (χ1) is 10.9. The monoisotopic (exact) mass is 318 g/mol. The van der Waals surface area contributed by atoms with Crippen molar-refractivity contribution in [2.45, 2.75) is 39.2 Å². The zero-order valence-electron chi connectivity index (χ0n) is 14.3. The summed E-state index contributed by atoms with van der Waals surface area (Å²) in [5.41, 5.74) is 0.350. The van der Waals surface area contributed by atoms with Crippen molar-refractivity contribution < 1.29 is 9.18 Å². The lowest BCUT2D eigenvalue weighted by molar-refractivity contribution is -0.117. The first-order valence-corrected chi connectivity index (χ1v) is 8.34. The van der Waals surface area contributed by atoms with Gasteiger partial charge in [-0.1, -0.05) is 25.1 Å². The molecule has 1 aliphatic heterocycles. The van der Waals surface area contributed by atoms with E-state index in [4.69, 9.17) is 0 Å². The number of hydrogen-bond acceptors (Lipinski definition) is 2. The van der Waals surface area contributed by atoms with Gasteiger partial charge in [-0.2, -0.15) is 0 Å². The van der Waals surface area contributed by atoms with Crippen LogP contribution in [-0.4, -0.2) is 36.0 Å². The maximum absolute atomic E-state index is 13.5. The molecule has 3 nitrogen and oxygen atoms in total. The van der Waals surface area contributed by atoms with Crippen LogP contribution in [-0.2, 0) is 4.79 Å². The predicted octanol–water partition coefficient (Wildman–Crippen LogP) is 3.47. The highest BCUT2D eigenvalue weighted by atomic mass is 19.1. The van der Waals surface area contributed by atoms with E-state index in [2.05, 4.69) is 31.0 Å². The maximum atomic E-state index is 13.5. The van der Waals surface area contributed by atoms with Crippen molar-refractivity contribution in [1.82, 2.24) is 10.2 Å². The average molecular weight is 318 g/mol. The van der Waals surface area contributed by atoms with E-state index in [1.54, 1.807) is 18.2 Å². The van der Waals surface area contributed by atoms with E-state index in [-0.39, 0.29) is 17.3 Å². The lowest BCUT2D eigenvalue weighted by Gasteiger charge is -2.43. The fourth-order valence-corrected chi connectivity index (χ4v) is 2.99. The van der Waals surface area contributed by atoms with Gasteiger partial charge in [0.05, 0.1) is 0 Å². The Bertz CT molecular complexity index is 568. The summed E-state index contributed by atoms with van der Waals surface area (Å²) in [6, 6.07) is 6.42. The number of carbonyl (C=O) groups excluding carboxylic acids is 1. The van der Waals surface area contributed by atoms with Crippen LogP contribution in [0.5, 0.6) is 0 Å². The van der Waals surface area contributed by atoms with Crippen LogP contribution in [0.1, 0.15) is 39.2 Å². The van der Waals surface area contributed by atoms with Crippen LogP contribution in [0.25, 0.3) is 6.08 Å². The van der Waals surface area contributed by atoms with Gasteiger partial charge in [0.2, 0.25) is 5.91 Å². The largest absolute Gasteiger partial charge is 0.351 e. The number of piperidine rings is 1. The summed E-state index contributed by atoms with van der Waals surface area (Å²) in [7, 11) is 0. The Morgan fingerprint density at radius 3 is 2.87 bits per heavy atom. The van der Waals surface area contributed by atoms with E-state index in [1.165, 1.54) is 31.1 Å². The first kappa shape index (κ1) is 17.7. The fourth-order valence-electron chi connectivity index (χ4n) is 2.99. The third kappa shape index (κ3) is 5.17. The van der Waals surface area contributed by atoms with Crippen molar-refractivity contribution in [2.24, 2.45) is 5.92 Å². The second-order valence-corrected chi connectivity index (χ2v) is 7.08. The molecule has 1 heterocycles. The third-order valence-corrected chi connectivity index (χ3v) is 4.53. The number of nitrogens with one attached hydrogen (secondary N) is 1. The molecule has 23 heavy (non-hydrogen) atoms. The van der Waals surface area contributed by atoms with Gasteiger partial charge in [-0.15, -0.1) is 0 Å². The standard InChI is InChI=1S/C19H27FN2O/c1-15-7-6-12-22(13-15)19(2,3)14-21-18(23)11-10-16-8-4-5-9-17(16)20/h4-5,8-11,15H,6-7,12-14H2,1-3H3,(H,21,23). The average Bonchev–Trinajstić information content (AvgIpc) is 2.52. The van der Waals surface area contributed by atoms with Crippen molar-refractivity contribution in [2.75, 3.05) is 19.6 Å². The molecule has 0 aromatic heterocycles. The van der Waals surface area contributed by atoms with Gasteiger partial charge >= 0.3 is 0 Å². The number of amides is 1. The third-order valence-electron chi connectivity index (χ3n) is 4.53. The first-order valence-electron chi connectivity index (χ1n) is 8.34. The van der Waals surface area contributed by atoms with E-state index in [0.717, 1.165) is 13.1 Å². The Labute approximate surface area is 138 Å². The topological polar surface area (TPSA) is 32.3 Å². The molecular weight excluding hydrogens is 291 g/mol. The Morgan fingerprint density at radius 2 is 2.17 bits per heavy atom. The van der Waals surface area contributed by atoms with Crippen LogP contribution in [0.15, 0.2) is 30.3 Å². The molecule has 1 aromatic carbocycles. The van der Waals surface area contributed by atoms with Gasteiger partial charge < -0.3 is 5.32 Å². The fraction of sp³-hybridized carbons (Fsp3) is 0.526. The van der Waals surface area contributed by atoms with Gasteiger partial charge in [0.1, 0.15) is 5.82 Å². The summed E-state index contributed by atoms with van der Waals surface area (Å²) >= 11 is 0. The summed E-state index contributed by atoms with van der Waals surface area (Å²) in [5, 5.41) is 2.93. The normalized spacial score (nSPS) is 19.9. The summed E-state index contributed by atoms with van der Waals surface area (Å²) in [6.45, 7) is 9.34. The predicted molar refractivity (Wildman–Crippen MR) is 92.5 cm³/mol. The van der Waals surface area contributed by atoms with Gasteiger partial charge in [0.25, 0.3) is 0 Å². The molecule has 2 rings (SSSR count). The highest BCUT2D eigenvalue weighted by molar-refractivity contribution is 5.91. The molecule has 1 N–H and O–H groups in total. The maximum Gasteiger partial charge on any atom is 0.244 e. The number of rotatable bonds is 5. The lowest BCUT2D eigenvalue weighted by Crippen LogP contribution is -2.54. The lowest BCUT2D eigenvalue weighted by atomic mass is 9.93. The van der Waals surface area contributed by atoms with E-state index < -0.39 is 0 Å². The van der Waals surface area contributed by atoms with Crippen molar-refractivity contribution in [1.29, 1.82) is 0 Å². The summed E-state index contributed by atoms with van der Waals surface area (Å²) in [4.78, 5) is 14.4. The number of benzene rings is 1.